The number of aromatic nitrogens is 1. The quantitative estimate of drug-likeness (QED) is 0.830. The molecule has 4 heterocycles. The van der Waals surface area contributed by atoms with Crippen LogP contribution >= 0.6 is 0 Å². The summed E-state index contributed by atoms with van der Waals surface area (Å²) in [6.45, 7) is 3.97. The number of ether oxygens (including phenoxy) is 1. The van der Waals surface area contributed by atoms with E-state index in [0.29, 0.717) is 6.04 Å². The maximum atomic E-state index is 10.5. The summed E-state index contributed by atoms with van der Waals surface area (Å²) in [6.07, 6.45) is 4.16. The Morgan fingerprint density at radius 3 is 2.81 bits per heavy atom. The van der Waals surface area contributed by atoms with Gasteiger partial charge in [-0.05, 0) is 43.5 Å². The van der Waals surface area contributed by atoms with Crippen molar-refractivity contribution in [2.45, 2.75) is 31.3 Å². The first-order valence-electron chi connectivity index (χ1n) is 9.51. The molecule has 0 spiro atoms. The number of aliphatic hydroxyl groups is 2. The summed E-state index contributed by atoms with van der Waals surface area (Å²) in [4.78, 5) is 2.57. The van der Waals surface area contributed by atoms with Crippen LogP contribution in [0.15, 0.2) is 29.8 Å². The van der Waals surface area contributed by atoms with E-state index in [1.165, 1.54) is 22.2 Å². The molecule has 0 unspecified atom stereocenters. The summed E-state index contributed by atoms with van der Waals surface area (Å²) < 4.78 is 7.75. The van der Waals surface area contributed by atoms with Crippen LogP contribution in [0.4, 0.5) is 0 Å². The third kappa shape index (κ3) is 1.81. The largest absolute Gasteiger partial charge is 0.497 e. The van der Waals surface area contributed by atoms with Gasteiger partial charge in [0.05, 0.1) is 31.9 Å². The van der Waals surface area contributed by atoms with Crippen LogP contribution in [-0.2, 0) is 12.0 Å². The van der Waals surface area contributed by atoms with E-state index in [4.69, 9.17) is 4.74 Å². The first-order valence-corrected chi connectivity index (χ1v) is 9.51. The topological polar surface area (TPSA) is 57.9 Å². The van der Waals surface area contributed by atoms with Gasteiger partial charge in [0.2, 0.25) is 0 Å². The number of benzene rings is 1. The van der Waals surface area contributed by atoms with Crippen LogP contribution in [0, 0.1) is 5.92 Å². The van der Waals surface area contributed by atoms with Crippen molar-refractivity contribution in [1.82, 2.24) is 9.47 Å². The molecule has 2 N–H and O–H groups in total. The van der Waals surface area contributed by atoms with Gasteiger partial charge in [0.1, 0.15) is 5.75 Å². The Balaban J connectivity index is 1.89. The third-order valence-corrected chi connectivity index (χ3v) is 7.03. The Bertz CT molecular complexity index is 910. The van der Waals surface area contributed by atoms with E-state index in [9.17, 15) is 10.2 Å². The number of nitrogens with zero attached hydrogens (tertiary/aromatic N) is 2. The maximum Gasteiger partial charge on any atom is 0.119 e. The molecule has 1 aromatic carbocycles. The van der Waals surface area contributed by atoms with Crippen molar-refractivity contribution in [3.63, 3.8) is 0 Å². The molecule has 1 fully saturated rings. The van der Waals surface area contributed by atoms with Crippen molar-refractivity contribution in [2.24, 2.45) is 5.92 Å². The average molecular weight is 354 g/mol. The number of fused-ring (bicyclic) bond motifs is 4. The molecule has 0 aliphatic carbocycles. The van der Waals surface area contributed by atoms with Gasteiger partial charge in [-0.1, -0.05) is 11.6 Å². The highest BCUT2D eigenvalue weighted by molar-refractivity contribution is 5.88. The molecule has 0 amide bonds. The zero-order valence-corrected chi connectivity index (χ0v) is 15.4. The van der Waals surface area contributed by atoms with Crippen LogP contribution in [-0.4, -0.2) is 53.1 Å². The number of hydrogen-bond acceptors (Lipinski definition) is 4. The molecule has 1 aromatic heterocycles. The Morgan fingerprint density at radius 2 is 2.12 bits per heavy atom. The fourth-order valence-corrected chi connectivity index (χ4v) is 5.75. The van der Waals surface area contributed by atoms with Crippen molar-refractivity contribution in [1.29, 1.82) is 0 Å². The van der Waals surface area contributed by atoms with Gasteiger partial charge < -0.3 is 19.5 Å². The van der Waals surface area contributed by atoms with E-state index >= 15 is 0 Å². The molecule has 5 rings (SSSR count). The van der Waals surface area contributed by atoms with Crippen molar-refractivity contribution in [3.8, 4) is 5.75 Å². The highest BCUT2D eigenvalue weighted by atomic mass is 16.5. The van der Waals surface area contributed by atoms with Crippen molar-refractivity contribution >= 4 is 10.9 Å². The fourth-order valence-electron chi connectivity index (χ4n) is 5.75. The van der Waals surface area contributed by atoms with Crippen molar-refractivity contribution in [3.05, 3.63) is 41.1 Å². The van der Waals surface area contributed by atoms with Crippen molar-refractivity contribution in [2.75, 3.05) is 33.4 Å². The van der Waals surface area contributed by atoms with Crippen LogP contribution in [0.2, 0.25) is 0 Å². The molecule has 138 valence electrons. The number of piperidine rings is 1. The predicted octanol–water partition coefficient (Wildman–Crippen LogP) is 2.21. The molecule has 26 heavy (non-hydrogen) atoms. The monoisotopic (exact) mass is 354 g/mol. The SMILES string of the molecule is C/C=C1\CN2CCc3c4n(c5ccc(OC)cc35)C(CO)(CO)[C@H]1C[C@@H]42. The van der Waals surface area contributed by atoms with Gasteiger partial charge in [-0.15, -0.1) is 0 Å². The second kappa shape index (κ2) is 5.59. The third-order valence-electron chi connectivity index (χ3n) is 7.03. The zero-order valence-electron chi connectivity index (χ0n) is 15.4. The molecule has 3 aliphatic rings. The fraction of sp³-hybridized carbons (Fsp3) is 0.524. The second-order valence-corrected chi connectivity index (χ2v) is 7.89. The molecule has 5 heteroatoms. The smallest absolute Gasteiger partial charge is 0.119 e. The van der Waals surface area contributed by atoms with E-state index in [2.05, 4.69) is 34.6 Å². The minimum atomic E-state index is -0.678. The number of methoxy groups -OCH3 is 1. The lowest BCUT2D eigenvalue weighted by Gasteiger charge is -2.55. The summed E-state index contributed by atoms with van der Waals surface area (Å²) in [5.41, 5.74) is 4.44. The van der Waals surface area contributed by atoms with Gasteiger partial charge in [-0.25, -0.2) is 0 Å². The summed E-state index contributed by atoms with van der Waals surface area (Å²) in [6, 6.07) is 6.56. The van der Waals surface area contributed by atoms with E-state index in [1.54, 1.807) is 7.11 Å². The Labute approximate surface area is 153 Å². The molecule has 1 saturated heterocycles. The molecule has 0 radical (unpaired) electrons. The summed E-state index contributed by atoms with van der Waals surface area (Å²) in [7, 11) is 1.70. The lowest BCUT2D eigenvalue weighted by molar-refractivity contribution is -0.0294. The molecule has 0 saturated carbocycles. The van der Waals surface area contributed by atoms with Gasteiger partial charge in [0.25, 0.3) is 0 Å². The first kappa shape index (κ1) is 16.4. The average Bonchev–Trinajstić information content (AvgIpc) is 3.03. The molecule has 5 nitrogen and oxygen atoms in total. The maximum absolute atomic E-state index is 10.5. The van der Waals surface area contributed by atoms with Crippen LogP contribution in [0.25, 0.3) is 10.9 Å². The normalized spacial score (nSPS) is 27.9. The Morgan fingerprint density at radius 1 is 1.31 bits per heavy atom. The minimum absolute atomic E-state index is 0.0551. The van der Waals surface area contributed by atoms with Gasteiger partial charge in [0.15, 0.2) is 0 Å². The van der Waals surface area contributed by atoms with E-state index in [1.807, 2.05) is 6.07 Å². The molecule has 2 aromatic rings. The zero-order chi connectivity index (χ0) is 18.1. The molecule has 2 bridgehead atoms. The highest BCUT2D eigenvalue weighted by Crippen LogP contribution is 2.55. The van der Waals surface area contributed by atoms with Gasteiger partial charge in [0, 0.05) is 35.6 Å². The molecular weight excluding hydrogens is 328 g/mol. The van der Waals surface area contributed by atoms with E-state index in [-0.39, 0.29) is 19.1 Å². The van der Waals surface area contributed by atoms with Crippen LogP contribution < -0.4 is 4.74 Å². The highest BCUT2D eigenvalue weighted by Gasteiger charge is 2.54. The van der Waals surface area contributed by atoms with Gasteiger partial charge in [-0.2, -0.15) is 0 Å². The summed E-state index contributed by atoms with van der Waals surface area (Å²) in [5.74, 6) is 1.02. The number of rotatable bonds is 3. The standard InChI is InChI=1S/C21H26N2O3/c1-3-13-10-22-7-6-15-16-8-14(26-2)4-5-18(16)23-20(15)19(22)9-17(13)21(23,11-24)12-25/h3-5,8,17,19,24-25H,6-7,9-12H2,1-2H3/b13-3+/t17-,19-/m0/s1. The van der Waals surface area contributed by atoms with E-state index in [0.717, 1.165) is 37.2 Å². The summed E-state index contributed by atoms with van der Waals surface area (Å²) >= 11 is 0. The molecular formula is C21H26N2O3. The number of hydrogen-bond donors (Lipinski definition) is 2. The first-order chi connectivity index (χ1) is 12.7. The van der Waals surface area contributed by atoms with Crippen LogP contribution in [0.3, 0.4) is 0 Å². The minimum Gasteiger partial charge on any atom is -0.497 e. The number of allylic oxidation sites excluding steroid dienone is 1. The summed E-state index contributed by atoms with van der Waals surface area (Å²) in [5, 5.41) is 22.2. The lowest BCUT2D eigenvalue weighted by Crippen LogP contribution is -2.59. The van der Waals surface area contributed by atoms with Gasteiger partial charge in [-0.3, -0.25) is 4.90 Å². The Kier molecular flexibility index (Phi) is 3.52. The Hall–Kier alpha value is -1.82. The number of aliphatic hydroxyl groups excluding tert-OH is 2. The molecule has 3 aliphatic heterocycles. The van der Waals surface area contributed by atoms with Crippen LogP contribution in [0.5, 0.6) is 5.75 Å². The lowest BCUT2D eigenvalue weighted by atomic mass is 9.68. The molecule has 2 atom stereocenters. The van der Waals surface area contributed by atoms with Gasteiger partial charge >= 0.3 is 0 Å². The second-order valence-electron chi connectivity index (χ2n) is 7.89. The van der Waals surface area contributed by atoms with E-state index < -0.39 is 5.54 Å². The predicted molar refractivity (Wildman–Crippen MR) is 101 cm³/mol. The van der Waals surface area contributed by atoms with Crippen LogP contribution in [0.1, 0.15) is 30.6 Å². The van der Waals surface area contributed by atoms with Crippen molar-refractivity contribution < 1.29 is 14.9 Å².